The minimum absolute atomic E-state index is 0.0155. The van der Waals surface area contributed by atoms with Crippen LogP contribution in [0.5, 0.6) is 0 Å². The molecule has 1 saturated heterocycles. The number of hydrogen-bond donors (Lipinski definition) is 0. The Kier molecular flexibility index (Phi) is 6.85. The first-order valence-electron chi connectivity index (χ1n) is 9.69. The lowest BCUT2D eigenvalue weighted by Gasteiger charge is -2.35. The Bertz CT molecular complexity index is 1020. The van der Waals surface area contributed by atoms with Crippen LogP contribution in [0, 0.1) is 10.1 Å². The number of nitro benzene ring substituents is 1. The number of benzene rings is 2. The van der Waals surface area contributed by atoms with E-state index in [0.29, 0.717) is 45.2 Å². The second kappa shape index (κ2) is 9.23. The lowest BCUT2D eigenvalue weighted by molar-refractivity contribution is -0.384. The van der Waals surface area contributed by atoms with Crippen LogP contribution < -0.4 is 4.90 Å². The number of anilines is 1. The van der Waals surface area contributed by atoms with E-state index < -0.39 is 32.2 Å². The molecule has 0 aromatic heterocycles. The lowest BCUT2D eigenvalue weighted by atomic mass is 10.1. The van der Waals surface area contributed by atoms with E-state index in [4.69, 9.17) is 0 Å². The average Bonchev–Trinajstić information content (AvgIpc) is 2.73. The van der Waals surface area contributed by atoms with Gasteiger partial charge in [0.15, 0.2) is 9.84 Å². The van der Waals surface area contributed by atoms with Gasteiger partial charge in [0.05, 0.1) is 21.1 Å². The molecule has 11 heteroatoms. The van der Waals surface area contributed by atoms with Gasteiger partial charge in [-0.1, -0.05) is 18.2 Å². The molecule has 2 aromatic carbocycles. The number of rotatable bonds is 7. The first-order chi connectivity index (χ1) is 14.6. The molecule has 0 radical (unpaired) electrons. The van der Waals surface area contributed by atoms with Crippen molar-refractivity contribution in [3.8, 4) is 0 Å². The molecule has 31 heavy (non-hydrogen) atoms. The standard InChI is InChI=1S/C20H22F3N3O4S/c21-20(22,23)16-7-8-18(19(15-16)26(27)28)25-12-10-24(11-13-25)9-4-14-31(29,30)17-5-2-1-3-6-17/h1-3,5-8,15H,4,9-14H2. The fourth-order valence-corrected chi connectivity index (χ4v) is 4.87. The summed E-state index contributed by atoms with van der Waals surface area (Å²) in [6.45, 7) is 2.41. The van der Waals surface area contributed by atoms with Crippen LogP contribution >= 0.6 is 0 Å². The van der Waals surface area contributed by atoms with Crippen molar-refractivity contribution >= 4 is 21.2 Å². The van der Waals surface area contributed by atoms with Gasteiger partial charge in [-0.15, -0.1) is 0 Å². The third-order valence-corrected chi connectivity index (χ3v) is 7.02. The number of piperazine rings is 1. The minimum atomic E-state index is -4.65. The number of nitrogens with zero attached hydrogens (tertiary/aromatic N) is 3. The molecule has 0 amide bonds. The Balaban J connectivity index is 1.57. The molecule has 2 aromatic rings. The molecule has 1 heterocycles. The summed E-state index contributed by atoms with van der Waals surface area (Å²) in [5.74, 6) is 0.0155. The molecule has 0 spiro atoms. The Hall–Kier alpha value is -2.66. The van der Waals surface area contributed by atoms with Gasteiger partial charge in [0, 0.05) is 32.2 Å². The van der Waals surface area contributed by atoms with Gasteiger partial charge in [-0.25, -0.2) is 8.42 Å². The monoisotopic (exact) mass is 457 g/mol. The second-order valence-electron chi connectivity index (χ2n) is 7.27. The van der Waals surface area contributed by atoms with Crippen molar-refractivity contribution in [3.05, 3.63) is 64.2 Å². The van der Waals surface area contributed by atoms with Gasteiger partial charge < -0.3 is 4.90 Å². The fraction of sp³-hybridized carbons (Fsp3) is 0.400. The third kappa shape index (κ3) is 5.73. The average molecular weight is 457 g/mol. The highest BCUT2D eigenvalue weighted by molar-refractivity contribution is 7.91. The van der Waals surface area contributed by atoms with Gasteiger partial charge in [-0.2, -0.15) is 13.2 Å². The summed E-state index contributed by atoms with van der Waals surface area (Å²) in [5.41, 5.74) is -1.47. The first-order valence-corrected chi connectivity index (χ1v) is 11.3. The summed E-state index contributed by atoms with van der Waals surface area (Å²) in [7, 11) is -3.35. The van der Waals surface area contributed by atoms with Crippen molar-refractivity contribution in [2.24, 2.45) is 0 Å². The van der Waals surface area contributed by atoms with E-state index in [1.807, 2.05) is 4.90 Å². The molecule has 1 fully saturated rings. The maximum Gasteiger partial charge on any atom is 0.416 e. The largest absolute Gasteiger partial charge is 0.416 e. The van der Waals surface area contributed by atoms with Crippen LogP contribution in [0.25, 0.3) is 0 Å². The van der Waals surface area contributed by atoms with Crippen LogP contribution in [0.2, 0.25) is 0 Å². The van der Waals surface area contributed by atoms with E-state index in [-0.39, 0.29) is 16.3 Å². The maximum absolute atomic E-state index is 12.9. The highest BCUT2D eigenvalue weighted by atomic mass is 32.2. The molecular weight excluding hydrogens is 435 g/mol. The van der Waals surface area contributed by atoms with E-state index in [1.165, 1.54) is 0 Å². The molecule has 0 N–H and O–H groups in total. The van der Waals surface area contributed by atoms with Gasteiger partial charge in [-0.3, -0.25) is 15.0 Å². The number of alkyl halides is 3. The van der Waals surface area contributed by atoms with Crippen molar-refractivity contribution in [1.29, 1.82) is 0 Å². The summed E-state index contributed by atoms with van der Waals surface area (Å²) in [4.78, 5) is 14.5. The molecule has 0 unspecified atom stereocenters. The van der Waals surface area contributed by atoms with Gasteiger partial charge in [0.1, 0.15) is 5.69 Å². The Labute approximate surface area is 178 Å². The molecular formula is C20H22F3N3O4S. The highest BCUT2D eigenvalue weighted by Crippen LogP contribution is 2.36. The van der Waals surface area contributed by atoms with Gasteiger partial charge in [0.2, 0.25) is 0 Å². The molecule has 0 aliphatic carbocycles. The molecule has 168 valence electrons. The zero-order chi connectivity index (χ0) is 22.6. The van der Waals surface area contributed by atoms with Crippen molar-refractivity contribution in [1.82, 2.24) is 4.90 Å². The van der Waals surface area contributed by atoms with Gasteiger partial charge in [-0.05, 0) is 37.2 Å². The maximum atomic E-state index is 12.9. The third-order valence-electron chi connectivity index (χ3n) is 5.20. The quantitative estimate of drug-likeness (QED) is 0.467. The molecule has 1 aliphatic rings. The van der Waals surface area contributed by atoms with Crippen LogP contribution in [0.15, 0.2) is 53.4 Å². The predicted molar refractivity (Wildman–Crippen MR) is 110 cm³/mol. The van der Waals surface area contributed by atoms with E-state index >= 15 is 0 Å². The number of halogens is 3. The van der Waals surface area contributed by atoms with Crippen LogP contribution in [0.3, 0.4) is 0 Å². The summed E-state index contributed by atoms with van der Waals surface area (Å²) < 4.78 is 63.3. The Morgan fingerprint density at radius 1 is 1.00 bits per heavy atom. The van der Waals surface area contributed by atoms with Crippen molar-refractivity contribution in [2.45, 2.75) is 17.5 Å². The van der Waals surface area contributed by atoms with Crippen LogP contribution in [-0.2, 0) is 16.0 Å². The minimum Gasteiger partial charge on any atom is -0.363 e. The summed E-state index contributed by atoms with van der Waals surface area (Å²) >= 11 is 0. The highest BCUT2D eigenvalue weighted by Gasteiger charge is 2.34. The van der Waals surface area contributed by atoms with Crippen LogP contribution in [0.1, 0.15) is 12.0 Å². The Morgan fingerprint density at radius 2 is 1.65 bits per heavy atom. The summed E-state index contributed by atoms with van der Waals surface area (Å²) in [5, 5.41) is 11.3. The SMILES string of the molecule is O=[N+]([O-])c1cc(C(F)(F)F)ccc1N1CCN(CCCS(=O)(=O)c2ccccc2)CC1. The zero-order valence-corrected chi connectivity index (χ0v) is 17.4. The van der Waals surface area contributed by atoms with Crippen LogP contribution in [-0.4, -0.2) is 56.7 Å². The molecule has 0 saturated carbocycles. The number of sulfone groups is 1. The van der Waals surface area contributed by atoms with E-state index in [2.05, 4.69) is 0 Å². The van der Waals surface area contributed by atoms with Crippen molar-refractivity contribution in [3.63, 3.8) is 0 Å². The molecule has 0 bridgehead atoms. The fourth-order valence-electron chi connectivity index (χ4n) is 3.55. The van der Waals surface area contributed by atoms with Crippen molar-refractivity contribution < 1.29 is 26.5 Å². The number of hydrogen-bond acceptors (Lipinski definition) is 6. The van der Waals surface area contributed by atoms with Gasteiger partial charge >= 0.3 is 6.18 Å². The lowest BCUT2D eigenvalue weighted by Crippen LogP contribution is -2.47. The topological polar surface area (TPSA) is 83.8 Å². The zero-order valence-electron chi connectivity index (χ0n) is 16.6. The van der Waals surface area contributed by atoms with E-state index in [1.54, 1.807) is 35.2 Å². The predicted octanol–water partition coefficient (Wildman–Crippen LogP) is 3.60. The summed E-state index contributed by atoms with van der Waals surface area (Å²) in [6, 6.07) is 10.8. The second-order valence-corrected chi connectivity index (χ2v) is 9.38. The smallest absolute Gasteiger partial charge is 0.363 e. The number of nitro groups is 1. The van der Waals surface area contributed by atoms with Gasteiger partial charge in [0.25, 0.3) is 5.69 Å². The molecule has 0 atom stereocenters. The first kappa shape index (κ1) is 23.0. The Morgan fingerprint density at radius 3 is 2.23 bits per heavy atom. The van der Waals surface area contributed by atoms with E-state index in [0.717, 1.165) is 12.1 Å². The molecule has 3 rings (SSSR count). The van der Waals surface area contributed by atoms with E-state index in [9.17, 15) is 31.7 Å². The van der Waals surface area contributed by atoms with Crippen LogP contribution in [0.4, 0.5) is 24.5 Å². The molecule has 7 nitrogen and oxygen atoms in total. The summed E-state index contributed by atoms with van der Waals surface area (Å²) in [6.07, 6.45) is -4.21. The normalized spacial score (nSPS) is 15.8. The van der Waals surface area contributed by atoms with Crippen molar-refractivity contribution in [2.75, 3.05) is 43.4 Å². The molecule has 1 aliphatic heterocycles.